The number of Topliss-reactive ketones (excluding diaryl/α,β-unsaturated/α-hetero) is 1. The molecule has 1 aliphatic rings. The predicted molar refractivity (Wildman–Crippen MR) is 110 cm³/mol. The zero-order chi connectivity index (χ0) is 22.4. The first-order chi connectivity index (χ1) is 14.0. The fourth-order valence-electron chi connectivity index (χ4n) is 3.72. The number of hydrogen-bond donors (Lipinski definition) is 2. The summed E-state index contributed by atoms with van der Waals surface area (Å²) in [7, 11) is 1.25. The SMILES string of the molecule is COC(=O)c1c(C)[nH]c(C(=O)[C@@H](C)N2C(=O)N[C@@](C)(c3ccc(Cl)cc3)C2=O)c1C. The standard InChI is InChI=1S/C21H22ClN3O5/c1-10-15(18(27)30-5)11(2)23-16(10)17(26)12(3)25-19(28)21(4,24-20(25)29)13-6-8-14(22)9-7-13/h6-9,12,23H,1-5H3,(H,24,29)/t12-,21+/m1/s1. The van der Waals surface area contributed by atoms with Crippen LogP contribution in [0.2, 0.25) is 5.02 Å². The summed E-state index contributed by atoms with van der Waals surface area (Å²) in [5.41, 5.74) is 0.514. The molecule has 2 aromatic rings. The molecule has 3 rings (SSSR count). The summed E-state index contributed by atoms with van der Waals surface area (Å²) in [5, 5.41) is 3.17. The minimum absolute atomic E-state index is 0.154. The van der Waals surface area contributed by atoms with Gasteiger partial charge in [-0.15, -0.1) is 0 Å². The summed E-state index contributed by atoms with van der Waals surface area (Å²) in [5.74, 6) is -1.61. The molecule has 1 aromatic carbocycles. The normalized spacial score (nSPS) is 19.6. The quantitative estimate of drug-likeness (QED) is 0.429. The summed E-state index contributed by atoms with van der Waals surface area (Å²) >= 11 is 5.92. The molecule has 8 nitrogen and oxygen atoms in total. The molecule has 2 N–H and O–H groups in total. The topological polar surface area (TPSA) is 109 Å². The van der Waals surface area contributed by atoms with Crippen LogP contribution in [0, 0.1) is 13.8 Å². The van der Waals surface area contributed by atoms with E-state index in [0.717, 1.165) is 4.90 Å². The van der Waals surface area contributed by atoms with E-state index in [2.05, 4.69) is 10.3 Å². The van der Waals surface area contributed by atoms with Crippen LogP contribution in [0.25, 0.3) is 0 Å². The largest absolute Gasteiger partial charge is 0.465 e. The third-order valence-electron chi connectivity index (χ3n) is 5.48. The van der Waals surface area contributed by atoms with E-state index >= 15 is 0 Å². The first-order valence-corrected chi connectivity index (χ1v) is 9.64. The number of methoxy groups -OCH3 is 1. The molecule has 0 saturated carbocycles. The van der Waals surface area contributed by atoms with Crippen LogP contribution in [-0.4, -0.2) is 46.7 Å². The molecule has 1 saturated heterocycles. The summed E-state index contributed by atoms with van der Waals surface area (Å²) in [6.45, 7) is 6.30. The molecule has 2 atom stereocenters. The van der Waals surface area contributed by atoms with Crippen LogP contribution < -0.4 is 5.32 Å². The summed E-state index contributed by atoms with van der Waals surface area (Å²) in [6, 6.07) is 4.78. The second-order valence-corrected chi connectivity index (χ2v) is 7.83. The van der Waals surface area contributed by atoms with E-state index in [9.17, 15) is 19.2 Å². The van der Waals surface area contributed by atoms with Crippen molar-refractivity contribution in [1.29, 1.82) is 0 Å². The Kier molecular flexibility index (Phi) is 5.47. The van der Waals surface area contributed by atoms with Crippen molar-refractivity contribution in [2.24, 2.45) is 0 Å². The monoisotopic (exact) mass is 431 g/mol. The van der Waals surface area contributed by atoms with Gasteiger partial charge in [-0.05, 0) is 51.0 Å². The van der Waals surface area contributed by atoms with Crippen molar-refractivity contribution in [2.45, 2.75) is 39.3 Å². The van der Waals surface area contributed by atoms with Gasteiger partial charge in [0.05, 0.1) is 18.4 Å². The van der Waals surface area contributed by atoms with Crippen LogP contribution in [-0.2, 0) is 15.1 Å². The lowest BCUT2D eigenvalue weighted by Crippen LogP contribution is -2.45. The zero-order valence-electron chi connectivity index (χ0n) is 17.3. The van der Waals surface area contributed by atoms with Gasteiger partial charge in [0.2, 0.25) is 5.78 Å². The highest BCUT2D eigenvalue weighted by Crippen LogP contribution is 2.32. The maximum atomic E-state index is 13.2. The highest BCUT2D eigenvalue weighted by molar-refractivity contribution is 6.30. The number of aromatic nitrogens is 1. The van der Waals surface area contributed by atoms with E-state index in [1.54, 1.807) is 45.0 Å². The Morgan fingerprint density at radius 3 is 2.33 bits per heavy atom. The fraction of sp³-hybridized carbons (Fsp3) is 0.333. The minimum Gasteiger partial charge on any atom is -0.465 e. The Morgan fingerprint density at radius 2 is 1.77 bits per heavy atom. The van der Waals surface area contributed by atoms with E-state index in [-0.39, 0.29) is 11.3 Å². The van der Waals surface area contributed by atoms with Crippen LogP contribution in [0.4, 0.5) is 4.79 Å². The molecule has 0 aliphatic carbocycles. The average Bonchev–Trinajstić information content (AvgIpc) is 3.13. The number of nitrogens with zero attached hydrogens (tertiary/aromatic N) is 1. The van der Waals surface area contributed by atoms with Crippen LogP contribution in [0.3, 0.4) is 0 Å². The summed E-state index contributed by atoms with van der Waals surface area (Å²) in [4.78, 5) is 54.8. The Bertz CT molecular complexity index is 1060. The van der Waals surface area contributed by atoms with Gasteiger partial charge in [-0.25, -0.2) is 9.59 Å². The van der Waals surface area contributed by atoms with Crippen LogP contribution in [0.1, 0.15) is 51.5 Å². The number of aromatic amines is 1. The van der Waals surface area contributed by atoms with Crippen molar-refractivity contribution in [2.75, 3.05) is 7.11 Å². The van der Waals surface area contributed by atoms with Crippen molar-refractivity contribution in [3.63, 3.8) is 0 Å². The van der Waals surface area contributed by atoms with Gasteiger partial charge in [0.1, 0.15) is 11.6 Å². The summed E-state index contributed by atoms with van der Waals surface area (Å²) in [6.07, 6.45) is 0. The fourth-order valence-corrected chi connectivity index (χ4v) is 3.85. The molecule has 0 unspecified atom stereocenters. The number of nitrogens with one attached hydrogen (secondary N) is 2. The molecule has 2 heterocycles. The number of halogens is 1. The molecule has 0 spiro atoms. The van der Waals surface area contributed by atoms with E-state index < -0.39 is 35.3 Å². The molecule has 1 aromatic heterocycles. The first kappa shape index (κ1) is 21.6. The number of urea groups is 1. The average molecular weight is 432 g/mol. The molecule has 1 aliphatic heterocycles. The number of imide groups is 1. The van der Waals surface area contributed by atoms with Gasteiger partial charge in [0.25, 0.3) is 5.91 Å². The molecule has 3 amide bonds. The van der Waals surface area contributed by atoms with Crippen molar-refractivity contribution in [3.05, 3.63) is 57.4 Å². The van der Waals surface area contributed by atoms with Crippen LogP contribution in [0.5, 0.6) is 0 Å². The van der Waals surface area contributed by atoms with Crippen molar-refractivity contribution in [3.8, 4) is 0 Å². The number of H-pyrrole nitrogens is 1. The Morgan fingerprint density at radius 1 is 1.17 bits per heavy atom. The smallest absolute Gasteiger partial charge is 0.339 e. The molecule has 158 valence electrons. The predicted octanol–water partition coefficient (Wildman–Crippen LogP) is 3.11. The zero-order valence-corrected chi connectivity index (χ0v) is 18.0. The first-order valence-electron chi connectivity index (χ1n) is 9.26. The van der Waals surface area contributed by atoms with Crippen molar-refractivity contribution >= 4 is 35.3 Å². The second kappa shape index (κ2) is 7.60. The maximum Gasteiger partial charge on any atom is 0.339 e. The highest BCUT2D eigenvalue weighted by Gasteiger charge is 2.52. The van der Waals surface area contributed by atoms with Gasteiger partial charge < -0.3 is 15.0 Å². The lowest BCUT2D eigenvalue weighted by atomic mass is 9.91. The second-order valence-electron chi connectivity index (χ2n) is 7.39. The van der Waals surface area contributed by atoms with E-state index in [0.29, 0.717) is 21.8 Å². The number of ketones is 1. The van der Waals surface area contributed by atoms with Gasteiger partial charge in [-0.3, -0.25) is 14.5 Å². The van der Waals surface area contributed by atoms with Gasteiger partial charge in [-0.1, -0.05) is 23.7 Å². The summed E-state index contributed by atoms with van der Waals surface area (Å²) < 4.78 is 4.76. The highest BCUT2D eigenvalue weighted by atomic mass is 35.5. The molecule has 0 bridgehead atoms. The third-order valence-corrected chi connectivity index (χ3v) is 5.74. The van der Waals surface area contributed by atoms with Crippen LogP contribution in [0.15, 0.2) is 24.3 Å². The van der Waals surface area contributed by atoms with E-state index in [1.165, 1.54) is 14.0 Å². The molecular weight excluding hydrogens is 410 g/mol. The minimum atomic E-state index is -1.33. The van der Waals surface area contributed by atoms with Gasteiger partial charge in [0.15, 0.2) is 0 Å². The molecule has 9 heteroatoms. The third kappa shape index (κ3) is 3.27. The van der Waals surface area contributed by atoms with E-state index in [1.807, 2.05) is 0 Å². The van der Waals surface area contributed by atoms with Gasteiger partial charge >= 0.3 is 12.0 Å². The number of amides is 3. The number of aryl methyl sites for hydroxylation is 1. The van der Waals surface area contributed by atoms with Gasteiger partial charge in [-0.2, -0.15) is 0 Å². The van der Waals surface area contributed by atoms with Crippen molar-refractivity contribution in [1.82, 2.24) is 15.2 Å². The Hall–Kier alpha value is -3.13. The molecule has 30 heavy (non-hydrogen) atoms. The number of rotatable bonds is 5. The Balaban J connectivity index is 1.94. The number of hydrogen-bond acceptors (Lipinski definition) is 5. The van der Waals surface area contributed by atoms with Crippen LogP contribution >= 0.6 is 11.6 Å². The molecular formula is C21H22ClN3O5. The van der Waals surface area contributed by atoms with Gasteiger partial charge in [0, 0.05) is 10.7 Å². The number of benzene rings is 1. The van der Waals surface area contributed by atoms with E-state index in [4.69, 9.17) is 16.3 Å². The maximum absolute atomic E-state index is 13.2. The number of carbonyl (C=O) groups excluding carboxylic acids is 4. The lowest BCUT2D eigenvalue weighted by Gasteiger charge is -2.24. The number of esters is 1. The lowest BCUT2D eigenvalue weighted by molar-refractivity contribution is -0.131. The Labute approximate surface area is 178 Å². The molecule has 1 fully saturated rings. The number of ether oxygens (including phenoxy) is 1. The molecule has 0 radical (unpaired) electrons. The number of carbonyl (C=O) groups is 4. The van der Waals surface area contributed by atoms with Crippen molar-refractivity contribution < 1.29 is 23.9 Å².